The van der Waals surface area contributed by atoms with Gasteiger partial charge in [-0.3, -0.25) is 4.98 Å². The van der Waals surface area contributed by atoms with Crippen molar-refractivity contribution in [2.45, 2.75) is 13.3 Å². The Labute approximate surface area is 119 Å². The Kier molecular flexibility index (Phi) is 4.41. The second kappa shape index (κ2) is 6.24. The van der Waals surface area contributed by atoms with Crippen molar-refractivity contribution in [2.75, 3.05) is 19.0 Å². The summed E-state index contributed by atoms with van der Waals surface area (Å²) in [6.07, 6.45) is 3.70. The lowest BCUT2D eigenvalue weighted by atomic mass is 10.3. The molecule has 0 radical (unpaired) electrons. The van der Waals surface area contributed by atoms with E-state index in [1.54, 1.807) is 19.4 Å². The number of anilines is 1. The summed E-state index contributed by atoms with van der Waals surface area (Å²) in [4.78, 5) is 28.2. The molecule has 0 fully saturated rings. The Morgan fingerprint density at radius 2 is 2.25 bits per heavy atom. The number of thiazole rings is 1. The standard InChI is InChI=1S/C11H13N5O3S/c1-7-9(3-4-19-16(17)18)20-11(14-7)8-5-13-6-10(12-2)15-8/h5-6H,3-4H2,1-2H3,(H,12,15). The second-order valence-corrected chi connectivity index (χ2v) is 4.96. The van der Waals surface area contributed by atoms with Gasteiger partial charge in [-0.15, -0.1) is 21.5 Å². The lowest BCUT2D eigenvalue weighted by molar-refractivity contribution is -0.757. The van der Waals surface area contributed by atoms with Gasteiger partial charge in [-0.05, 0) is 6.92 Å². The van der Waals surface area contributed by atoms with Gasteiger partial charge >= 0.3 is 0 Å². The largest absolute Gasteiger partial charge is 0.372 e. The van der Waals surface area contributed by atoms with Crippen molar-refractivity contribution in [1.82, 2.24) is 15.0 Å². The van der Waals surface area contributed by atoms with Gasteiger partial charge in [0.05, 0.1) is 18.1 Å². The highest BCUT2D eigenvalue weighted by Gasteiger charge is 2.11. The van der Waals surface area contributed by atoms with Gasteiger partial charge in [0.25, 0.3) is 5.09 Å². The predicted octanol–water partition coefficient (Wildman–Crippen LogP) is 1.70. The van der Waals surface area contributed by atoms with Crippen molar-refractivity contribution in [1.29, 1.82) is 0 Å². The first-order chi connectivity index (χ1) is 9.60. The van der Waals surface area contributed by atoms with Crippen LogP contribution in [-0.2, 0) is 11.3 Å². The summed E-state index contributed by atoms with van der Waals surface area (Å²) in [5, 5.41) is 13.0. The summed E-state index contributed by atoms with van der Waals surface area (Å²) in [6.45, 7) is 1.88. The highest BCUT2D eigenvalue weighted by Crippen LogP contribution is 2.27. The molecule has 106 valence electrons. The molecule has 9 heteroatoms. The van der Waals surface area contributed by atoms with Crippen LogP contribution in [0.3, 0.4) is 0 Å². The molecule has 0 saturated heterocycles. The molecule has 0 amide bonds. The van der Waals surface area contributed by atoms with Crippen molar-refractivity contribution < 1.29 is 9.92 Å². The van der Waals surface area contributed by atoms with Gasteiger partial charge in [-0.1, -0.05) is 0 Å². The Bertz CT molecular complexity index is 616. The molecule has 8 nitrogen and oxygen atoms in total. The molecule has 2 aromatic heterocycles. The number of nitrogens with zero attached hydrogens (tertiary/aromatic N) is 4. The van der Waals surface area contributed by atoms with Crippen LogP contribution in [0.5, 0.6) is 0 Å². The van der Waals surface area contributed by atoms with Gasteiger partial charge in [0.2, 0.25) is 0 Å². The molecule has 2 heterocycles. The van der Waals surface area contributed by atoms with E-state index < -0.39 is 5.09 Å². The van der Waals surface area contributed by atoms with Crippen LogP contribution in [0, 0.1) is 17.0 Å². The topological polar surface area (TPSA) is 103 Å². The first kappa shape index (κ1) is 14.1. The molecule has 0 atom stereocenters. The minimum absolute atomic E-state index is 0.0255. The van der Waals surface area contributed by atoms with Crippen molar-refractivity contribution in [3.8, 4) is 10.7 Å². The number of hydrogen-bond donors (Lipinski definition) is 1. The molecule has 20 heavy (non-hydrogen) atoms. The molecule has 0 unspecified atom stereocenters. The zero-order chi connectivity index (χ0) is 14.5. The Balaban J connectivity index is 2.15. The van der Waals surface area contributed by atoms with E-state index in [4.69, 9.17) is 0 Å². The minimum atomic E-state index is -0.793. The number of rotatable bonds is 6. The van der Waals surface area contributed by atoms with E-state index >= 15 is 0 Å². The lowest BCUT2D eigenvalue weighted by Gasteiger charge is -1.99. The lowest BCUT2D eigenvalue weighted by Crippen LogP contribution is -2.04. The molecule has 2 aromatic rings. The number of hydrogen-bond acceptors (Lipinski definition) is 8. The van der Waals surface area contributed by atoms with Crippen LogP contribution in [-0.4, -0.2) is 33.7 Å². The summed E-state index contributed by atoms with van der Waals surface area (Å²) in [5.74, 6) is 0.661. The first-order valence-electron chi connectivity index (χ1n) is 5.84. The second-order valence-electron chi connectivity index (χ2n) is 3.87. The van der Waals surface area contributed by atoms with E-state index in [0.717, 1.165) is 15.6 Å². The van der Waals surface area contributed by atoms with Gasteiger partial charge in [0.1, 0.15) is 23.1 Å². The zero-order valence-corrected chi connectivity index (χ0v) is 11.8. The Hall–Kier alpha value is -2.29. The fourth-order valence-corrected chi connectivity index (χ4v) is 2.57. The molecule has 0 aliphatic rings. The third-order valence-corrected chi connectivity index (χ3v) is 3.77. The predicted molar refractivity (Wildman–Crippen MR) is 74.1 cm³/mol. The molecule has 0 bridgehead atoms. The molecular weight excluding hydrogens is 282 g/mol. The van der Waals surface area contributed by atoms with E-state index in [9.17, 15) is 10.1 Å². The van der Waals surface area contributed by atoms with Crippen LogP contribution < -0.4 is 5.32 Å². The normalized spacial score (nSPS) is 10.3. The zero-order valence-electron chi connectivity index (χ0n) is 11.0. The van der Waals surface area contributed by atoms with E-state index in [1.807, 2.05) is 6.92 Å². The van der Waals surface area contributed by atoms with E-state index in [2.05, 4.69) is 25.1 Å². The number of aryl methyl sites for hydroxylation is 1. The fraction of sp³-hybridized carbons (Fsp3) is 0.364. The molecule has 1 N–H and O–H groups in total. The Morgan fingerprint density at radius 3 is 2.95 bits per heavy atom. The van der Waals surface area contributed by atoms with Crippen LogP contribution >= 0.6 is 11.3 Å². The summed E-state index contributed by atoms with van der Waals surface area (Å²) >= 11 is 1.44. The van der Waals surface area contributed by atoms with Gasteiger partial charge in [-0.2, -0.15) is 0 Å². The average molecular weight is 295 g/mol. The van der Waals surface area contributed by atoms with Crippen molar-refractivity contribution in [3.05, 3.63) is 33.1 Å². The molecule has 0 saturated carbocycles. The van der Waals surface area contributed by atoms with Crippen molar-refractivity contribution >= 4 is 17.2 Å². The summed E-state index contributed by atoms with van der Waals surface area (Å²) in [7, 11) is 1.77. The van der Waals surface area contributed by atoms with Gasteiger partial charge < -0.3 is 10.2 Å². The first-order valence-corrected chi connectivity index (χ1v) is 6.65. The maximum absolute atomic E-state index is 10.1. The van der Waals surface area contributed by atoms with E-state index in [0.29, 0.717) is 17.9 Å². The van der Waals surface area contributed by atoms with E-state index in [1.165, 1.54) is 11.3 Å². The number of nitrogens with one attached hydrogen (secondary N) is 1. The molecule has 2 rings (SSSR count). The molecule has 0 aliphatic heterocycles. The van der Waals surface area contributed by atoms with Gasteiger partial charge in [0.15, 0.2) is 0 Å². The van der Waals surface area contributed by atoms with Gasteiger partial charge in [-0.25, -0.2) is 9.97 Å². The quantitative estimate of drug-likeness (QED) is 0.639. The van der Waals surface area contributed by atoms with Crippen LogP contribution in [0.4, 0.5) is 5.82 Å². The molecule has 0 aromatic carbocycles. The van der Waals surface area contributed by atoms with Crippen LogP contribution in [0.25, 0.3) is 10.7 Å². The van der Waals surface area contributed by atoms with Crippen LogP contribution in [0.2, 0.25) is 0 Å². The van der Waals surface area contributed by atoms with Crippen LogP contribution in [0.15, 0.2) is 12.4 Å². The third-order valence-electron chi connectivity index (χ3n) is 2.53. The SMILES string of the molecule is CNc1cncc(-c2nc(C)c(CCO[N+](=O)[O-])s2)n1. The van der Waals surface area contributed by atoms with Crippen molar-refractivity contribution in [3.63, 3.8) is 0 Å². The van der Waals surface area contributed by atoms with E-state index in [-0.39, 0.29) is 6.61 Å². The monoisotopic (exact) mass is 295 g/mol. The smallest absolute Gasteiger partial charge is 0.294 e. The Morgan fingerprint density at radius 1 is 1.45 bits per heavy atom. The summed E-state index contributed by atoms with van der Waals surface area (Å²) in [5.41, 5.74) is 1.50. The van der Waals surface area contributed by atoms with Crippen LogP contribution in [0.1, 0.15) is 10.6 Å². The minimum Gasteiger partial charge on any atom is -0.372 e. The summed E-state index contributed by atoms with van der Waals surface area (Å²) in [6, 6.07) is 0. The highest BCUT2D eigenvalue weighted by molar-refractivity contribution is 7.15. The molecular formula is C11H13N5O3S. The molecule has 0 aliphatic carbocycles. The van der Waals surface area contributed by atoms with Gasteiger partial charge in [0, 0.05) is 18.3 Å². The third kappa shape index (κ3) is 3.38. The maximum Gasteiger partial charge on any atom is 0.294 e. The fourth-order valence-electron chi connectivity index (χ4n) is 1.57. The van der Waals surface area contributed by atoms with Crippen molar-refractivity contribution in [2.24, 2.45) is 0 Å². The highest BCUT2D eigenvalue weighted by atomic mass is 32.1. The average Bonchev–Trinajstić information content (AvgIpc) is 2.80. The number of aromatic nitrogens is 3. The maximum atomic E-state index is 10.1. The summed E-state index contributed by atoms with van der Waals surface area (Å²) < 4.78 is 0. The molecule has 0 spiro atoms.